The fourth-order valence-electron chi connectivity index (χ4n) is 4.15. The zero-order valence-corrected chi connectivity index (χ0v) is 17.8. The highest BCUT2D eigenvalue weighted by Gasteiger charge is 2.39. The van der Waals surface area contributed by atoms with E-state index in [1.165, 1.54) is 0 Å². The van der Waals surface area contributed by atoms with Crippen molar-refractivity contribution >= 4 is 39.6 Å². The fourth-order valence-corrected chi connectivity index (χ4v) is 4.15. The molecule has 0 bridgehead atoms. The van der Waals surface area contributed by atoms with E-state index in [-0.39, 0.29) is 12.5 Å². The number of aromatic nitrogens is 6. The lowest BCUT2D eigenvalue weighted by Gasteiger charge is -2.46. The molecule has 1 N–H and O–H groups in total. The summed E-state index contributed by atoms with van der Waals surface area (Å²) in [6, 6.07) is 5.94. The van der Waals surface area contributed by atoms with Gasteiger partial charge in [-0.25, -0.2) is 9.67 Å². The lowest BCUT2D eigenvalue weighted by molar-refractivity contribution is -0.116. The maximum Gasteiger partial charge on any atom is 0.246 e. The Kier molecular flexibility index (Phi) is 4.53. The molecule has 0 atom stereocenters. The number of fused-ring (bicyclic) bond motifs is 2. The summed E-state index contributed by atoms with van der Waals surface area (Å²) in [5.41, 5.74) is 3.11. The van der Waals surface area contributed by atoms with Crippen molar-refractivity contribution in [3.63, 3.8) is 0 Å². The van der Waals surface area contributed by atoms with Gasteiger partial charge in [-0.15, -0.1) is 0 Å². The van der Waals surface area contributed by atoms with Crippen molar-refractivity contribution in [1.29, 1.82) is 0 Å². The van der Waals surface area contributed by atoms with E-state index in [0.717, 1.165) is 29.3 Å². The van der Waals surface area contributed by atoms with Gasteiger partial charge in [-0.1, -0.05) is 13.8 Å². The van der Waals surface area contributed by atoms with Gasteiger partial charge in [-0.2, -0.15) is 10.1 Å². The number of nitrogens with zero attached hydrogens (tertiary/aromatic N) is 7. The molecule has 9 nitrogen and oxygen atoms in total. The molecule has 0 saturated heterocycles. The zero-order chi connectivity index (χ0) is 21.6. The van der Waals surface area contributed by atoms with Gasteiger partial charge in [-0.05, 0) is 36.5 Å². The van der Waals surface area contributed by atoms with Crippen molar-refractivity contribution in [2.75, 3.05) is 17.3 Å². The van der Waals surface area contributed by atoms with Crippen LogP contribution in [0.25, 0.3) is 22.1 Å². The molecule has 1 aliphatic rings. The first-order valence-corrected chi connectivity index (χ1v) is 10.3. The molecule has 4 aromatic rings. The molecule has 1 aliphatic carbocycles. The summed E-state index contributed by atoms with van der Waals surface area (Å²) in [6.07, 6.45) is 8.99. The maximum absolute atomic E-state index is 12.6. The molecule has 0 spiro atoms. The lowest BCUT2D eigenvalue weighted by atomic mass is 9.68. The Bertz CT molecular complexity index is 1270. The first-order valence-electron chi connectivity index (χ1n) is 10.3. The predicted octanol–water partition coefficient (Wildman–Crippen LogP) is 3.03. The van der Waals surface area contributed by atoms with Crippen molar-refractivity contribution in [2.45, 2.75) is 39.3 Å². The summed E-state index contributed by atoms with van der Waals surface area (Å²) in [7, 11) is 2.02. The molecule has 31 heavy (non-hydrogen) atoms. The molecule has 4 aromatic heterocycles. The summed E-state index contributed by atoms with van der Waals surface area (Å²) in [4.78, 5) is 32.6. The molecule has 0 unspecified atom stereocenters. The van der Waals surface area contributed by atoms with E-state index in [2.05, 4.69) is 44.1 Å². The van der Waals surface area contributed by atoms with Crippen LogP contribution in [-0.2, 0) is 11.3 Å². The molecule has 5 rings (SSSR count). The second-order valence-electron chi connectivity index (χ2n) is 8.90. The molecule has 4 heterocycles. The molecular formula is C22H24N8O. The Morgan fingerprint density at radius 3 is 2.84 bits per heavy atom. The largest absolute Gasteiger partial charge is 0.341 e. The molecule has 0 aliphatic heterocycles. The van der Waals surface area contributed by atoms with Crippen LogP contribution in [0.2, 0.25) is 0 Å². The van der Waals surface area contributed by atoms with Gasteiger partial charge < -0.3 is 10.2 Å². The number of pyridine rings is 2. The van der Waals surface area contributed by atoms with Crippen LogP contribution >= 0.6 is 0 Å². The van der Waals surface area contributed by atoms with E-state index in [0.29, 0.717) is 28.7 Å². The van der Waals surface area contributed by atoms with E-state index in [4.69, 9.17) is 4.98 Å². The average Bonchev–Trinajstić information content (AvgIpc) is 3.13. The number of anilines is 2. The Hall–Kier alpha value is -3.62. The second kappa shape index (κ2) is 7.26. The standard InChI is InChI=1S/C22H24N8O/c1-22(2)8-16(9-22)29(3)21-25-10-14-11-26-30(20(14)28-21)13-19(31)27-15-7-18-17(24-12-15)5-4-6-23-18/h4-7,10-12,16H,8-9,13H2,1-3H3,(H,27,31). The highest BCUT2D eigenvalue weighted by atomic mass is 16.2. The number of rotatable bonds is 5. The van der Waals surface area contributed by atoms with Gasteiger partial charge in [0.2, 0.25) is 11.9 Å². The van der Waals surface area contributed by atoms with Crippen LogP contribution in [0.4, 0.5) is 11.6 Å². The zero-order valence-electron chi connectivity index (χ0n) is 17.8. The molecular weight excluding hydrogens is 392 g/mol. The Morgan fingerprint density at radius 2 is 2.03 bits per heavy atom. The van der Waals surface area contributed by atoms with Gasteiger partial charge in [-0.3, -0.25) is 14.8 Å². The number of carbonyl (C=O) groups is 1. The van der Waals surface area contributed by atoms with E-state index < -0.39 is 0 Å². The Morgan fingerprint density at radius 1 is 1.19 bits per heavy atom. The van der Waals surface area contributed by atoms with Crippen LogP contribution in [-0.4, -0.2) is 48.7 Å². The van der Waals surface area contributed by atoms with Gasteiger partial charge in [0, 0.05) is 25.5 Å². The molecule has 1 amide bonds. The van der Waals surface area contributed by atoms with Crippen LogP contribution in [0.5, 0.6) is 0 Å². The summed E-state index contributed by atoms with van der Waals surface area (Å²) >= 11 is 0. The predicted molar refractivity (Wildman–Crippen MR) is 119 cm³/mol. The van der Waals surface area contributed by atoms with E-state index in [9.17, 15) is 4.79 Å². The second-order valence-corrected chi connectivity index (χ2v) is 8.90. The van der Waals surface area contributed by atoms with Crippen molar-refractivity contribution in [3.8, 4) is 0 Å². The van der Waals surface area contributed by atoms with Crippen molar-refractivity contribution in [1.82, 2.24) is 29.7 Å². The molecule has 0 aromatic carbocycles. The van der Waals surface area contributed by atoms with E-state index >= 15 is 0 Å². The third kappa shape index (κ3) is 3.78. The van der Waals surface area contributed by atoms with Crippen LogP contribution < -0.4 is 10.2 Å². The SMILES string of the molecule is CN(c1ncc2cnn(CC(=O)Nc3cnc4cccnc4c3)c2n1)C1CC(C)(C)C1. The van der Waals surface area contributed by atoms with E-state index in [1.807, 2.05) is 19.2 Å². The minimum atomic E-state index is -0.212. The van der Waals surface area contributed by atoms with Crippen molar-refractivity contribution in [3.05, 3.63) is 43.0 Å². The molecule has 1 saturated carbocycles. The topological polar surface area (TPSA) is 102 Å². The summed E-state index contributed by atoms with van der Waals surface area (Å²) < 4.78 is 1.60. The van der Waals surface area contributed by atoms with Crippen LogP contribution in [0, 0.1) is 5.41 Å². The highest BCUT2D eigenvalue weighted by Crippen LogP contribution is 2.43. The van der Waals surface area contributed by atoms with Crippen LogP contribution in [0.3, 0.4) is 0 Å². The van der Waals surface area contributed by atoms with Crippen molar-refractivity contribution in [2.24, 2.45) is 5.41 Å². The maximum atomic E-state index is 12.6. The van der Waals surface area contributed by atoms with Crippen molar-refractivity contribution < 1.29 is 4.79 Å². The van der Waals surface area contributed by atoms with Gasteiger partial charge >= 0.3 is 0 Å². The van der Waals surface area contributed by atoms with Crippen LogP contribution in [0.1, 0.15) is 26.7 Å². The molecule has 9 heteroatoms. The summed E-state index contributed by atoms with van der Waals surface area (Å²) in [5, 5.41) is 8.00. The van der Waals surface area contributed by atoms with E-state index in [1.54, 1.807) is 35.5 Å². The minimum Gasteiger partial charge on any atom is -0.341 e. The van der Waals surface area contributed by atoms with Gasteiger partial charge in [0.15, 0.2) is 5.65 Å². The highest BCUT2D eigenvalue weighted by molar-refractivity contribution is 5.93. The average molecular weight is 416 g/mol. The summed E-state index contributed by atoms with van der Waals surface area (Å²) in [6.45, 7) is 4.59. The minimum absolute atomic E-state index is 0.0420. The molecule has 0 radical (unpaired) electrons. The third-order valence-corrected chi connectivity index (χ3v) is 5.83. The quantitative estimate of drug-likeness (QED) is 0.533. The fraction of sp³-hybridized carbons (Fsp3) is 0.364. The number of nitrogens with one attached hydrogen (secondary N) is 1. The first kappa shape index (κ1) is 19.3. The Balaban J connectivity index is 1.33. The van der Waals surface area contributed by atoms with Gasteiger partial charge in [0.1, 0.15) is 6.54 Å². The Labute approximate surface area is 179 Å². The summed E-state index contributed by atoms with van der Waals surface area (Å²) in [5.74, 6) is 0.441. The van der Waals surface area contributed by atoms with Gasteiger partial charge in [0.05, 0.1) is 34.5 Å². The number of amides is 1. The smallest absolute Gasteiger partial charge is 0.246 e. The van der Waals surface area contributed by atoms with Crippen LogP contribution in [0.15, 0.2) is 43.0 Å². The lowest BCUT2D eigenvalue weighted by Crippen LogP contribution is -2.47. The third-order valence-electron chi connectivity index (χ3n) is 5.83. The molecule has 1 fully saturated rings. The first-order chi connectivity index (χ1) is 14.9. The number of hydrogen-bond acceptors (Lipinski definition) is 7. The number of hydrogen-bond donors (Lipinski definition) is 1. The normalized spacial score (nSPS) is 15.7. The number of carbonyl (C=O) groups excluding carboxylic acids is 1. The van der Waals surface area contributed by atoms with Gasteiger partial charge in [0.25, 0.3) is 0 Å². The monoisotopic (exact) mass is 416 g/mol. The molecule has 158 valence electrons.